The molecule has 5 heteroatoms. The van der Waals surface area contributed by atoms with Crippen LogP contribution in [0.4, 0.5) is 13.2 Å². The number of rotatable bonds is 5. The number of aryl methyl sites for hydroxylation is 3. The number of alkyl halides is 4. The fourth-order valence-electron chi connectivity index (χ4n) is 2.20. The average molecular weight is 295 g/mol. The lowest BCUT2D eigenvalue weighted by Crippen LogP contribution is -2.17. The average Bonchev–Trinajstić information content (AvgIpc) is 2.21. The Morgan fingerprint density at radius 2 is 1.68 bits per heavy atom. The highest BCUT2D eigenvalue weighted by atomic mass is 35.5. The predicted octanol–water partition coefficient (Wildman–Crippen LogP) is 4.86. The maximum Gasteiger partial charge on any atom is 0.411 e. The van der Waals surface area contributed by atoms with Crippen LogP contribution in [0.2, 0.25) is 0 Å². The van der Waals surface area contributed by atoms with Gasteiger partial charge in [-0.2, -0.15) is 13.2 Å². The molecule has 0 fully saturated rings. The molecule has 19 heavy (non-hydrogen) atoms. The number of hydrogen-bond acceptors (Lipinski definition) is 1. The molecule has 0 aliphatic carbocycles. The molecule has 1 aromatic carbocycles. The highest BCUT2D eigenvalue weighted by Gasteiger charge is 2.27. The Kier molecular flexibility index (Phi) is 5.68. The summed E-state index contributed by atoms with van der Waals surface area (Å²) in [6.07, 6.45) is -3.92. The Balaban J connectivity index is 2.57. The van der Waals surface area contributed by atoms with Crippen molar-refractivity contribution in [1.29, 1.82) is 0 Å². The first-order valence-electron chi connectivity index (χ1n) is 6.07. The summed E-state index contributed by atoms with van der Waals surface area (Å²) in [4.78, 5) is 0. The van der Waals surface area contributed by atoms with Crippen LogP contribution in [0.3, 0.4) is 0 Å². The summed E-state index contributed by atoms with van der Waals surface area (Å²) in [6, 6.07) is 4.04. The van der Waals surface area contributed by atoms with Crippen molar-refractivity contribution in [2.45, 2.75) is 38.7 Å². The lowest BCUT2D eigenvalue weighted by Gasteiger charge is -2.17. The van der Waals surface area contributed by atoms with Crippen LogP contribution in [0, 0.1) is 20.8 Å². The second-order valence-electron chi connectivity index (χ2n) is 4.74. The summed E-state index contributed by atoms with van der Waals surface area (Å²) in [7, 11) is 0. The smallest absolute Gasteiger partial charge is 0.372 e. The van der Waals surface area contributed by atoms with Crippen molar-refractivity contribution < 1.29 is 17.9 Å². The van der Waals surface area contributed by atoms with E-state index in [0.29, 0.717) is 6.42 Å². The molecule has 0 aliphatic heterocycles. The molecule has 0 spiro atoms. The molecular weight excluding hydrogens is 277 g/mol. The highest BCUT2D eigenvalue weighted by Crippen LogP contribution is 2.31. The van der Waals surface area contributed by atoms with Crippen LogP contribution in [-0.4, -0.2) is 19.4 Å². The minimum Gasteiger partial charge on any atom is -0.372 e. The number of hydrogen-bond donors (Lipinski definition) is 0. The topological polar surface area (TPSA) is 9.23 Å². The first-order chi connectivity index (χ1) is 8.70. The monoisotopic (exact) mass is 294 g/mol. The zero-order valence-corrected chi connectivity index (χ0v) is 12.0. The van der Waals surface area contributed by atoms with Gasteiger partial charge in [0.2, 0.25) is 0 Å². The van der Waals surface area contributed by atoms with Crippen LogP contribution in [-0.2, 0) is 4.74 Å². The van der Waals surface area contributed by atoms with Crippen LogP contribution in [0.1, 0.15) is 34.1 Å². The van der Waals surface area contributed by atoms with Crippen molar-refractivity contribution in [2.24, 2.45) is 0 Å². The quantitative estimate of drug-likeness (QED) is 0.556. The van der Waals surface area contributed by atoms with Crippen LogP contribution in [0.5, 0.6) is 0 Å². The summed E-state index contributed by atoms with van der Waals surface area (Å²) in [6.45, 7) is 4.70. The van der Waals surface area contributed by atoms with Gasteiger partial charge in [0.1, 0.15) is 6.61 Å². The minimum absolute atomic E-state index is 0.000430. The highest BCUT2D eigenvalue weighted by molar-refractivity contribution is 6.21. The predicted molar refractivity (Wildman–Crippen MR) is 70.7 cm³/mol. The lowest BCUT2D eigenvalue weighted by molar-refractivity contribution is -0.174. The number of benzene rings is 1. The molecule has 1 atom stereocenters. The molecule has 0 amide bonds. The van der Waals surface area contributed by atoms with E-state index in [1.807, 2.05) is 32.9 Å². The molecule has 0 saturated heterocycles. The van der Waals surface area contributed by atoms with Gasteiger partial charge in [0.05, 0.1) is 5.38 Å². The van der Waals surface area contributed by atoms with E-state index in [-0.39, 0.29) is 12.0 Å². The Morgan fingerprint density at radius 1 is 1.16 bits per heavy atom. The summed E-state index contributed by atoms with van der Waals surface area (Å²) in [5, 5.41) is -0.325. The van der Waals surface area contributed by atoms with Gasteiger partial charge in [-0.25, -0.2) is 0 Å². The summed E-state index contributed by atoms with van der Waals surface area (Å²) in [5.41, 5.74) is 4.26. The number of ether oxygens (including phenoxy) is 1. The van der Waals surface area contributed by atoms with Crippen molar-refractivity contribution in [3.05, 3.63) is 34.4 Å². The molecule has 1 unspecified atom stereocenters. The van der Waals surface area contributed by atoms with E-state index in [4.69, 9.17) is 11.6 Å². The molecular formula is C14H18ClF3O. The van der Waals surface area contributed by atoms with Gasteiger partial charge in [-0.3, -0.25) is 0 Å². The van der Waals surface area contributed by atoms with Crippen molar-refractivity contribution in [1.82, 2.24) is 0 Å². The molecule has 0 N–H and O–H groups in total. The second kappa shape index (κ2) is 6.62. The molecule has 0 bridgehead atoms. The molecule has 1 aromatic rings. The first-order valence-corrected chi connectivity index (χ1v) is 6.50. The van der Waals surface area contributed by atoms with Crippen LogP contribution in [0.25, 0.3) is 0 Å². The Morgan fingerprint density at radius 3 is 2.16 bits per heavy atom. The standard InChI is InChI=1S/C14H18ClF3O/c1-9-6-10(2)13(11(3)7-9)12(15)4-5-19-8-14(16,17)18/h6-7,12H,4-5,8H2,1-3H3. The zero-order valence-electron chi connectivity index (χ0n) is 11.3. The van der Waals surface area contributed by atoms with Crippen LogP contribution < -0.4 is 0 Å². The minimum atomic E-state index is -4.28. The van der Waals surface area contributed by atoms with E-state index >= 15 is 0 Å². The van der Waals surface area contributed by atoms with Gasteiger partial charge >= 0.3 is 6.18 Å². The fraction of sp³-hybridized carbons (Fsp3) is 0.571. The molecule has 1 nitrogen and oxygen atoms in total. The van der Waals surface area contributed by atoms with E-state index < -0.39 is 12.8 Å². The Hall–Kier alpha value is -0.740. The molecule has 0 heterocycles. The summed E-state index contributed by atoms with van der Waals surface area (Å²) < 4.78 is 40.3. The van der Waals surface area contributed by atoms with Gasteiger partial charge < -0.3 is 4.74 Å². The van der Waals surface area contributed by atoms with E-state index in [0.717, 1.165) is 22.3 Å². The maximum atomic E-state index is 11.9. The van der Waals surface area contributed by atoms with Crippen molar-refractivity contribution >= 4 is 11.6 Å². The first kappa shape index (κ1) is 16.3. The van der Waals surface area contributed by atoms with Gasteiger partial charge in [0.15, 0.2) is 0 Å². The van der Waals surface area contributed by atoms with Crippen LogP contribution in [0.15, 0.2) is 12.1 Å². The fourth-order valence-corrected chi connectivity index (χ4v) is 2.64. The van der Waals surface area contributed by atoms with E-state index in [9.17, 15) is 13.2 Å². The normalized spacial score (nSPS) is 13.6. The second-order valence-corrected chi connectivity index (χ2v) is 5.26. The third-order valence-electron chi connectivity index (χ3n) is 2.83. The molecule has 0 aliphatic rings. The molecule has 0 radical (unpaired) electrons. The summed E-state index contributed by atoms with van der Waals surface area (Å²) >= 11 is 6.26. The molecule has 108 valence electrons. The maximum absolute atomic E-state index is 11.9. The van der Waals surface area contributed by atoms with Crippen LogP contribution >= 0.6 is 11.6 Å². The molecule has 1 rings (SSSR count). The Bertz CT molecular complexity index is 406. The van der Waals surface area contributed by atoms with E-state index in [2.05, 4.69) is 4.74 Å². The van der Waals surface area contributed by atoms with Crippen molar-refractivity contribution in [2.75, 3.05) is 13.2 Å². The largest absolute Gasteiger partial charge is 0.411 e. The molecule has 0 saturated carbocycles. The van der Waals surface area contributed by atoms with Crippen molar-refractivity contribution in [3.8, 4) is 0 Å². The van der Waals surface area contributed by atoms with E-state index in [1.165, 1.54) is 0 Å². The lowest BCUT2D eigenvalue weighted by atomic mass is 9.96. The Labute approximate surface area is 116 Å². The van der Waals surface area contributed by atoms with Gasteiger partial charge in [0.25, 0.3) is 0 Å². The zero-order chi connectivity index (χ0) is 14.6. The molecule has 0 aromatic heterocycles. The van der Waals surface area contributed by atoms with Gasteiger partial charge in [-0.15, -0.1) is 11.6 Å². The summed E-state index contributed by atoms with van der Waals surface area (Å²) in [5.74, 6) is 0. The number of halogens is 4. The van der Waals surface area contributed by atoms with E-state index in [1.54, 1.807) is 0 Å². The SMILES string of the molecule is Cc1cc(C)c(C(Cl)CCOCC(F)(F)F)c(C)c1. The third-order valence-corrected chi connectivity index (χ3v) is 3.27. The van der Waals surface area contributed by atoms with Gasteiger partial charge in [-0.1, -0.05) is 17.7 Å². The van der Waals surface area contributed by atoms with Gasteiger partial charge in [0, 0.05) is 6.61 Å². The van der Waals surface area contributed by atoms with Gasteiger partial charge in [-0.05, 0) is 43.9 Å². The van der Waals surface area contributed by atoms with Crippen molar-refractivity contribution in [3.63, 3.8) is 0 Å². The third kappa shape index (κ3) is 5.41.